The van der Waals surface area contributed by atoms with Crippen LogP contribution < -0.4 is 16.7 Å². The molecule has 2 heterocycles. The lowest BCUT2D eigenvalue weighted by molar-refractivity contribution is 0.0696. The number of hydrogen-bond acceptors (Lipinski definition) is 6. The zero-order valence-corrected chi connectivity index (χ0v) is 15.4. The molecule has 0 unspecified atom stereocenters. The first-order valence-corrected chi connectivity index (χ1v) is 8.80. The van der Waals surface area contributed by atoms with Gasteiger partial charge >= 0.3 is 11.7 Å². The maximum absolute atomic E-state index is 12.0. The average molecular weight is 401 g/mol. The molecule has 0 aliphatic heterocycles. The smallest absolute Gasteiger partial charge is 0.344 e. The molecule has 0 atom stereocenters. The van der Waals surface area contributed by atoms with E-state index in [4.69, 9.17) is 5.73 Å². The summed E-state index contributed by atoms with van der Waals surface area (Å²) >= 11 is 0. The molecule has 148 valence electrons. The summed E-state index contributed by atoms with van der Waals surface area (Å²) in [5, 5.41) is 12.9. The normalized spacial score (nSPS) is 10.7. The SMILES string of the molecule is NC(=O)c1cnc2cc(-c3cnc(=O)[nH]c3)ccc2c1Nc1cccc(C(=O)O)c1. The average Bonchev–Trinajstić information content (AvgIpc) is 2.74. The van der Waals surface area contributed by atoms with Crippen LogP contribution in [0.1, 0.15) is 20.7 Å². The topological polar surface area (TPSA) is 151 Å². The van der Waals surface area contributed by atoms with E-state index in [-0.39, 0.29) is 11.1 Å². The number of carbonyl (C=O) groups is 2. The predicted molar refractivity (Wildman–Crippen MR) is 111 cm³/mol. The first-order valence-electron chi connectivity index (χ1n) is 8.80. The molecule has 0 spiro atoms. The lowest BCUT2D eigenvalue weighted by Crippen LogP contribution is -2.14. The zero-order chi connectivity index (χ0) is 21.3. The minimum atomic E-state index is -1.06. The Balaban J connectivity index is 1.84. The molecule has 0 aliphatic rings. The van der Waals surface area contributed by atoms with Crippen molar-refractivity contribution < 1.29 is 14.7 Å². The number of rotatable bonds is 5. The number of benzene rings is 2. The van der Waals surface area contributed by atoms with Gasteiger partial charge in [0, 0.05) is 35.2 Å². The second-order valence-electron chi connectivity index (χ2n) is 6.46. The first-order chi connectivity index (χ1) is 14.4. The van der Waals surface area contributed by atoms with Gasteiger partial charge in [-0.3, -0.25) is 9.78 Å². The van der Waals surface area contributed by atoms with E-state index < -0.39 is 17.6 Å². The summed E-state index contributed by atoms with van der Waals surface area (Å²) in [5.41, 5.74) is 8.28. The van der Waals surface area contributed by atoms with Gasteiger partial charge < -0.3 is 21.1 Å². The van der Waals surface area contributed by atoms with E-state index in [1.165, 1.54) is 24.5 Å². The number of nitrogens with two attached hydrogens (primary N) is 1. The Bertz CT molecular complexity index is 1340. The maximum atomic E-state index is 12.0. The van der Waals surface area contributed by atoms with Crippen molar-refractivity contribution in [3.63, 3.8) is 0 Å². The number of pyridine rings is 1. The number of fused-ring (bicyclic) bond motifs is 1. The van der Waals surface area contributed by atoms with Gasteiger partial charge in [0.2, 0.25) is 0 Å². The number of H-pyrrole nitrogens is 1. The highest BCUT2D eigenvalue weighted by molar-refractivity contribution is 6.08. The summed E-state index contributed by atoms with van der Waals surface area (Å²) in [6.45, 7) is 0. The minimum Gasteiger partial charge on any atom is -0.478 e. The number of carboxylic acids is 1. The fraction of sp³-hybridized carbons (Fsp3) is 0. The molecule has 4 aromatic rings. The molecule has 0 aliphatic carbocycles. The highest BCUT2D eigenvalue weighted by Gasteiger charge is 2.15. The molecule has 0 saturated carbocycles. The molecule has 30 heavy (non-hydrogen) atoms. The van der Waals surface area contributed by atoms with E-state index in [1.54, 1.807) is 36.5 Å². The number of carboxylic acid groups (broad SMARTS) is 1. The van der Waals surface area contributed by atoms with Crippen LogP contribution in [0.15, 0.2) is 65.8 Å². The second-order valence-corrected chi connectivity index (χ2v) is 6.46. The largest absolute Gasteiger partial charge is 0.478 e. The monoisotopic (exact) mass is 401 g/mol. The number of aromatic nitrogens is 3. The van der Waals surface area contributed by atoms with Crippen molar-refractivity contribution in [1.82, 2.24) is 15.0 Å². The third-order valence-electron chi connectivity index (χ3n) is 4.52. The van der Waals surface area contributed by atoms with Crippen molar-refractivity contribution in [3.8, 4) is 11.1 Å². The lowest BCUT2D eigenvalue weighted by Gasteiger charge is -2.14. The number of aromatic carboxylic acids is 1. The number of carbonyl (C=O) groups excluding carboxylic acids is 1. The molecular formula is C21H15N5O4. The van der Waals surface area contributed by atoms with Crippen LogP contribution in [0, 0.1) is 0 Å². The van der Waals surface area contributed by atoms with Crippen molar-refractivity contribution >= 4 is 34.2 Å². The molecule has 4 rings (SSSR count). The number of nitrogens with zero attached hydrogens (tertiary/aromatic N) is 2. The Hall–Kier alpha value is -4.53. The van der Waals surface area contributed by atoms with Crippen LogP contribution in [0.3, 0.4) is 0 Å². The highest BCUT2D eigenvalue weighted by Crippen LogP contribution is 2.31. The van der Waals surface area contributed by atoms with Gasteiger partial charge in [-0.2, -0.15) is 0 Å². The van der Waals surface area contributed by atoms with E-state index in [1.807, 2.05) is 0 Å². The van der Waals surface area contributed by atoms with Crippen molar-refractivity contribution in [2.24, 2.45) is 5.73 Å². The van der Waals surface area contributed by atoms with E-state index >= 15 is 0 Å². The summed E-state index contributed by atoms with van der Waals surface area (Å²) in [6.07, 6.45) is 4.36. The molecule has 5 N–H and O–H groups in total. The number of hydrogen-bond donors (Lipinski definition) is 4. The number of primary amides is 1. The molecule has 0 saturated heterocycles. The van der Waals surface area contributed by atoms with Gasteiger partial charge in [0.05, 0.1) is 22.3 Å². The van der Waals surface area contributed by atoms with Crippen LogP contribution in [-0.2, 0) is 0 Å². The van der Waals surface area contributed by atoms with Crippen LogP contribution >= 0.6 is 0 Å². The van der Waals surface area contributed by atoms with E-state index in [0.29, 0.717) is 27.8 Å². The van der Waals surface area contributed by atoms with Crippen LogP contribution in [0.25, 0.3) is 22.0 Å². The summed E-state index contributed by atoms with van der Waals surface area (Å²) < 4.78 is 0. The summed E-state index contributed by atoms with van der Waals surface area (Å²) in [6, 6.07) is 11.6. The van der Waals surface area contributed by atoms with Gasteiger partial charge in [0.1, 0.15) is 0 Å². The number of amides is 1. The van der Waals surface area contributed by atoms with Crippen molar-refractivity contribution in [1.29, 1.82) is 0 Å². The molecule has 2 aromatic carbocycles. The van der Waals surface area contributed by atoms with E-state index in [0.717, 1.165) is 5.56 Å². The molecule has 0 radical (unpaired) electrons. The Morgan fingerprint density at radius 3 is 2.57 bits per heavy atom. The Labute approximate surface area is 169 Å². The maximum Gasteiger partial charge on any atom is 0.344 e. The molecule has 0 bridgehead atoms. The Morgan fingerprint density at radius 2 is 1.87 bits per heavy atom. The van der Waals surface area contributed by atoms with Gasteiger partial charge in [-0.25, -0.2) is 14.6 Å². The summed E-state index contributed by atoms with van der Waals surface area (Å²) in [7, 11) is 0. The lowest BCUT2D eigenvalue weighted by atomic mass is 10.0. The zero-order valence-electron chi connectivity index (χ0n) is 15.4. The van der Waals surface area contributed by atoms with Crippen LogP contribution in [0.4, 0.5) is 11.4 Å². The number of aromatic amines is 1. The standard InChI is InChI=1S/C21H15N5O4/c22-19(27)16-10-23-17-7-11(13-8-24-21(30)25-9-13)4-5-15(17)18(16)26-14-3-1-2-12(6-14)20(28)29/h1-10H,(H2,22,27)(H,23,26)(H,28,29)(H,24,25,30). The molecule has 1 amide bonds. The fourth-order valence-electron chi connectivity index (χ4n) is 3.07. The van der Waals surface area contributed by atoms with Gasteiger partial charge in [0.25, 0.3) is 5.91 Å². The minimum absolute atomic E-state index is 0.104. The first kappa shape index (κ1) is 18.8. The molecule has 2 aromatic heterocycles. The van der Waals surface area contributed by atoms with Crippen LogP contribution in [-0.4, -0.2) is 31.9 Å². The molecule has 0 fully saturated rings. The number of anilines is 2. The third-order valence-corrected chi connectivity index (χ3v) is 4.52. The highest BCUT2D eigenvalue weighted by atomic mass is 16.4. The third kappa shape index (κ3) is 3.59. The van der Waals surface area contributed by atoms with Crippen LogP contribution in [0.5, 0.6) is 0 Å². The predicted octanol–water partition coefficient (Wildman–Crippen LogP) is 2.53. The van der Waals surface area contributed by atoms with E-state index in [9.17, 15) is 19.5 Å². The van der Waals surface area contributed by atoms with Crippen molar-refractivity contribution in [2.45, 2.75) is 0 Å². The Morgan fingerprint density at radius 1 is 1.03 bits per heavy atom. The van der Waals surface area contributed by atoms with Gasteiger partial charge in [0.15, 0.2) is 0 Å². The van der Waals surface area contributed by atoms with Gasteiger partial charge in [-0.1, -0.05) is 18.2 Å². The van der Waals surface area contributed by atoms with E-state index in [2.05, 4.69) is 20.3 Å². The van der Waals surface area contributed by atoms with Gasteiger partial charge in [-0.15, -0.1) is 0 Å². The van der Waals surface area contributed by atoms with Crippen molar-refractivity contribution in [2.75, 3.05) is 5.32 Å². The summed E-state index contributed by atoms with van der Waals surface area (Å²) in [5.74, 6) is -1.73. The van der Waals surface area contributed by atoms with Crippen LogP contribution in [0.2, 0.25) is 0 Å². The molecular weight excluding hydrogens is 386 g/mol. The summed E-state index contributed by atoms with van der Waals surface area (Å²) in [4.78, 5) is 45.0. The molecule has 9 heteroatoms. The second kappa shape index (κ2) is 7.47. The van der Waals surface area contributed by atoms with Gasteiger partial charge in [-0.05, 0) is 29.8 Å². The quantitative estimate of drug-likeness (QED) is 0.401. The van der Waals surface area contributed by atoms with Crippen molar-refractivity contribution in [3.05, 3.63) is 82.7 Å². The molecule has 9 nitrogen and oxygen atoms in total. The fourth-order valence-corrected chi connectivity index (χ4v) is 3.07. The number of nitrogens with one attached hydrogen (secondary N) is 2. The Kier molecular flexibility index (Phi) is 4.69.